The summed E-state index contributed by atoms with van der Waals surface area (Å²) >= 11 is 0. The molecule has 0 radical (unpaired) electrons. The number of benzene rings is 1. The Bertz CT molecular complexity index is 1160. The Morgan fingerprint density at radius 3 is 2.61 bits per heavy atom. The molecule has 1 aromatic carbocycles. The molecule has 0 unspecified atom stereocenters. The molecule has 10 heteroatoms. The van der Waals surface area contributed by atoms with Crippen molar-refractivity contribution in [2.45, 2.75) is 6.18 Å². The Hall–Kier alpha value is -3.82. The van der Waals surface area contributed by atoms with E-state index in [0.717, 1.165) is 0 Å². The number of nitrogens with one attached hydrogen (secondary N) is 2. The molecule has 1 amide bonds. The summed E-state index contributed by atoms with van der Waals surface area (Å²) in [6.45, 7) is 0. The Kier molecular flexibility index (Phi) is 4.22. The topological polar surface area (TPSA) is 96.5 Å². The minimum absolute atomic E-state index is 0.225. The van der Waals surface area contributed by atoms with Gasteiger partial charge in [-0.05, 0) is 24.3 Å². The first-order chi connectivity index (χ1) is 13.4. The van der Waals surface area contributed by atoms with Crippen molar-refractivity contribution in [2.75, 3.05) is 5.32 Å². The Labute approximate surface area is 155 Å². The molecular weight excluding hydrogens is 373 g/mol. The van der Waals surface area contributed by atoms with Gasteiger partial charge in [0.2, 0.25) is 11.8 Å². The molecule has 2 N–H and O–H groups in total. The normalized spacial score (nSPS) is 11.5. The van der Waals surface area contributed by atoms with Gasteiger partial charge in [0, 0.05) is 23.3 Å². The summed E-state index contributed by atoms with van der Waals surface area (Å²) in [7, 11) is 0. The van der Waals surface area contributed by atoms with E-state index in [1.165, 1.54) is 0 Å². The number of pyridine rings is 2. The Balaban J connectivity index is 1.74. The van der Waals surface area contributed by atoms with Gasteiger partial charge in [-0.1, -0.05) is 18.2 Å². The molecule has 0 fully saturated rings. The fraction of sp³-hybridized carbons (Fsp3) is 0.0556. The smallest absolute Gasteiger partial charge is 0.289 e. The largest absolute Gasteiger partial charge is 0.451 e. The molecule has 4 rings (SSSR count). The zero-order valence-electron chi connectivity index (χ0n) is 14.0. The fourth-order valence-electron chi connectivity index (χ4n) is 2.64. The van der Waals surface area contributed by atoms with Crippen molar-refractivity contribution in [2.24, 2.45) is 0 Å². The third kappa shape index (κ3) is 3.39. The number of anilines is 1. The molecular formula is C18H11F3N6O. The number of rotatable bonds is 3. The van der Waals surface area contributed by atoms with Gasteiger partial charge in [0.25, 0.3) is 5.91 Å². The molecule has 0 aliphatic carbocycles. The standard InChI is InChI=1S/C18H11F3N6O/c19-18(20,21)16-25-17(27-26-16)24-15(28)12-8-14(10-4-3-7-22-9-10)23-13-6-2-1-5-11(12)13/h1-9H,(H2,24,25,26,27,28). The number of carbonyl (C=O) groups excluding carboxylic acids is 1. The maximum absolute atomic E-state index is 12.7. The molecule has 3 heterocycles. The first kappa shape index (κ1) is 17.6. The van der Waals surface area contributed by atoms with Crippen molar-refractivity contribution < 1.29 is 18.0 Å². The lowest BCUT2D eigenvalue weighted by Gasteiger charge is -2.09. The highest BCUT2D eigenvalue weighted by Crippen LogP contribution is 2.27. The van der Waals surface area contributed by atoms with Crippen LogP contribution in [0.1, 0.15) is 16.2 Å². The number of aromatic amines is 1. The van der Waals surface area contributed by atoms with Crippen LogP contribution in [0.4, 0.5) is 19.1 Å². The molecule has 0 spiro atoms. The summed E-state index contributed by atoms with van der Waals surface area (Å²) < 4.78 is 37.9. The number of alkyl halides is 3. The number of fused-ring (bicyclic) bond motifs is 1. The van der Waals surface area contributed by atoms with Gasteiger partial charge in [0.15, 0.2) is 0 Å². The summed E-state index contributed by atoms with van der Waals surface area (Å²) in [5.41, 5.74) is 1.98. The van der Waals surface area contributed by atoms with E-state index in [4.69, 9.17) is 0 Å². The number of aromatic nitrogens is 5. The molecule has 7 nitrogen and oxygen atoms in total. The van der Waals surface area contributed by atoms with E-state index in [-0.39, 0.29) is 5.56 Å². The number of hydrogen-bond donors (Lipinski definition) is 2. The number of amides is 1. The van der Waals surface area contributed by atoms with Crippen LogP contribution in [0, 0.1) is 0 Å². The van der Waals surface area contributed by atoms with Gasteiger partial charge in [0.05, 0.1) is 16.8 Å². The average molecular weight is 384 g/mol. The van der Waals surface area contributed by atoms with Gasteiger partial charge in [0.1, 0.15) is 0 Å². The van der Waals surface area contributed by atoms with Gasteiger partial charge >= 0.3 is 6.18 Å². The van der Waals surface area contributed by atoms with Crippen LogP contribution < -0.4 is 5.32 Å². The molecule has 140 valence electrons. The minimum atomic E-state index is -4.69. The fourth-order valence-corrected chi connectivity index (χ4v) is 2.64. The molecule has 0 bridgehead atoms. The number of carbonyl (C=O) groups is 1. The first-order valence-corrected chi connectivity index (χ1v) is 8.03. The second kappa shape index (κ2) is 6.72. The number of hydrogen-bond acceptors (Lipinski definition) is 5. The van der Waals surface area contributed by atoms with Crippen LogP contribution in [0.3, 0.4) is 0 Å². The van der Waals surface area contributed by atoms with Crippen molar-refractivity contribution in [1.29, 1.82) is 0 Å². The van der Waals surface area contributed by atoms with E-state index in [0.29, 0.717) is 22.2 Å². The van der Waals surface area contributed by atoms with E-state index in [2.05, 4.69) is 25.4 Å². The summed E-state index contributed by atoms with van der Waals surface area (Å²) in [6.07, 6.45) is -1.48. The monoisotopic (exact) mass is 384 g/mol. The van der Waals surface area contributed by atoms with E-state index >= 15 is 0 Å². The quantitative estimate of drug-likeness (QED) is 0.562. The summed E-state index contributed by atoms with van der Waals surface area (Å²) in [4.78, 5) is 24.6. The van der Waals surface area contributed by atoms with Crippen molar-refractivity contribution in [1.82, 2.24) is 25.1 Å². The molecule has 0 saturated heterocycles. The van der Waals surface area contributed by atoms with Gasteiger partial charge in [-0.3, -0.25) is 20.2 Å². The molecule has 0 aliphatic rings. The maximum atomic E-state index is 12.7. The lowest BCUT2D eigenvalue weighted by molar-refractivity contribution is -0.144. The molecule has 0 aliphatic heterocycles. The lowest BCUT2D eigenvalue weighted by Crippen LogP contribution is -2.14. The third-order valence-corrected chi connectivity index (χ3v) is 3.90. The van der Waals surface area contributed by atoms with Gasteiger partial charge < -0.3 is 0 Å². The van der Waals surface area contributed by atoms with Crippen molar-refractivity contribution in [3.63, 3.8) is 0 Å². The molecule has 0 saturated carbocycles. The van der Waals surface area contributed by atoms with Crippen LogP contribution >= 0.6 is 0 Å². The maximum Gasteiger partial charge on any atom is 0.451 e. The number of H-pyrrole nitrogens is 1. The zero-order chi connectivity index (χ0) is 19.7. The summed E-state index contributed by atoms with van der Waals surface area (Å²) in [5, 5.41) is 7.98. The van der Waals surface area contributed by atoms with Crippen LogP contribution in [0.5, 0.6) is 0 Å². The van der Waals surface area contributed by atoms with Crippen LogP contribution in [0.15, 0.2) is 54.9 Å². The predicted molar refractivity (Wildman–Crippen MR) is 94.3 cm³/mol. The van der Waals surface area contributed by atoms with E-state index in [1.54, 1.807) is 60.0 Å². The number of halogens is 3. The van der Waals surface area contributed by atoms with E-state index < -0.39 is 23.9 Å². The Morgan fingerprint density at radius 2 is 1.89 bits per heavy atom. The predicted octanol–water partition coefficient (Wildman–Crippen LogP) is 3.69. The molecule has 28 heavy (non-hydrogen) atoms. The zero-order valence-corrected chi connectivity index (χ0v) is 14.0. The minimum Gasteiger partial charge on any atom is -0.289 e. The van der Waals surface area contributed by atoms with Crippen molar-refractivity contribution in [3.8, 4) is 11.3 Å². The second-order valence-electron chi connectivity index (χ2n) is 5.77. The Morgan fingerprint density at radius 1 is 1.07 bits per heavy atom. The van der Waals surface area contributed by atoms with Gasteiger partial charge in [-0.15, -0.1) is 5.10 Å². The van der Waals surface area contributed by atoms with Gasteiger partial charge in [-0.2, -0.15) is 18.2 Å². The van der Waals surface area contributed by atoms with Gasteiger partial charge in [-0.25, -0.2) is 4.98 Å². The van der Waals surface area contributed by atoms with Crippen LogP contribution in [-0.4, -0.2) is 31.1 Å². The van der Waals surface area contributed by atoms with Crippen LogP contribution in [0.2, 0.25) is 0 Å². The highest BCUT2D eigenvalue weighted by molar-refractivity contribution is 6.12. The van der Waals surface area contributed by atoms with E-state index in [1.807, 2.05) is 0 Å². The highest BCUT2D eigenvalue weighted by Gasteiger charge is 2.35. The third-order valence-electron chi connectivity index (χ3n) is 3.90. The van der Waals surface area contributed by atoms with Crippen molar-refractivity contribution in [3.05, 3.63) is 66.2 Å². The number of para-hydroxylation sites is 1. The number of nitrogens with zero attached hydrogens (tertiary/aromatic N) is 4. The average Bonchev–Trinajstić information content (AvgIpc) is 3.17. The van der Waals surface area contributed by atoms with Crippen molar-refractivity contribution >= 4 is 22.8 Å². The first-order valence-electron chi connectivity index (χ1n) is 8.03. The molecule has 0 atom stereocenters. The molecule has 3 aromatic heterocycles. The summed E-state index contributed by atoms with van der Waals surface area (Å²) in [6, 6.07) is 12.0. The second-order valence-corrected chi connectivity index (χ2v) is 5.77. The van der Waals surface area contributed by atoms with Crippen LogP contribution in [0.25, 0.3) is 22.2 Å². The highest BCUT2D eigenvalue weighted by atomic mass is 19.4. The van der Waals surface area contributed by atoms with Crippen LogP contribution in [-0.2, 0) is 6.18 Å². The van der Waals surface area contributed by atoms with E-state index in [9.17, 15) is 18.0 Å². The molecule has 4 aromatic rings. The SMILES string of the molecule is O=C(Nc1n[nH]c(C(F)(F)F)n1)c1cc(-c2cccnc2)nc2ccccc12. The lowest BCUT2D eigenvalue weighted by atomic mass is 10.0. The summed E-state index contributed by atoms with van der Waals surface area (Å²) in [5.74, 6) is -2.42.